The van der Waals surface area contributed by atoms with Gasteiger partial charge in [-0.3, -0.25) is 4.79 Å². The van der Waals surface area contributed by atoms with Gasteiger partial charge in [-0.25, -0.2) is 0 Å². The van der Waals surface area contributed by atoms with Crippen molar-refractivity contribution < 1.29 is 4.79 Å². The maximum absolute atomic E-state index is 12.1. The lowest BCUT2D eigenvalue weighted by molar-refractivity contribution is 0.103. The van der Waals surface area contributed by atoms with Gasteiger partial charge in [0, 0.05) is 22.0 Å². The van der Waals surface area contributed by atoms with E-state index in [4.69, 9.17) is 0 Å². The molecule has 1 nitrogen and oxygen atoms in total. The molecule has 1 aliphatic rings. The molecule has 0 amide bonds. The molecule has 1 aliphatic carbocycles. The lowest BCUT2D eigenvalue weighted by Crippen LogP contribution is -2.14. The Balaban J connectivity index is 0.000000170. The zero-order chi connectivity index (χ0) is 25.2. The number of hydrogen-bond donors (Lipinski definition) is 0. The second-order valence-corrected chi connectivity index (χ2v) is 13.7. The first kappa shape index (κ1) is 26.8. The van der Waals surface area contributed by atoms with Gasteiger partial charge >= 0.3 is 0 Å². The van der Waals surface area contributed by atoms with Gasteiger partial charge in [-0.05, 0) is 58.1 Å². The van der Waals surface area contributed by atoms with E-state index in [9.17, 15) is 4.79 Å². The highest BCUT2D eigenvalue weighted by molar-refractivity contribution is 7.95. The Kier molecular flexibility index (Phi) is 10.3. The predicted octanol–water partition coefficient (Wildman–Crippen LogP) is 6.83. The molecule has 0 aliphatic heterocycles. The van der Waals surface area contributed by atoms with E-state index in [0.717, 1.165) is 35.1 Å². The number of rotatable bonds is 3. The maximum atomic E-state index is 12.1. The highest BCUT2D eigenvalue weighted by Gasteiger charge is 2.21. The summed E-state index contributed by atoms with van der Waals surface area (Å²) in [6.45, 7) is 0. The van der Waals surface area contributed by atoms with Crippen LogP contribution in [0.25, 0.3) is 0 Å². The Hall–Kier alpha value is -2.75. The van der Waals surface area contributed by atoms with Crippen molar-refractivity contribution in [1.29, 1.82) is 0 Å². The minimum Gasteiger partial charge on any atom is -0.289 e. The van der Waals surface area contributed by atoms with Gasteiger partial charge in [0.1, 0.15) is 12.5 Å². The van der Waals surface area contributed by atoms with E-state index in [1.54, 1.807) is 0 Å². The highest BCUT2D eigenvalue weighted by atomic mass is 32.2. The summed E-state index contributed by atoms with van der Waals surface area (Å²) in [5.74, 6) is 0.160. The van der Waals surface area contributed by atoms with Crippen molar-refractivity contribution in [3.8, 4) is 0 Å². The summed E-state index contributed by atoms with van der Waals surface area (Å²) in [5.41, 5.74) is 6.76. The predicted molar refractivity (Wildman–Crippen MR) is 157 cm³/mol. The molecule has 180 valence electrons. The molecule has 35 heavy (non-hydrogen) atoms. The average Bonchev–Trinajstić information content (AvgIpc) is 2.85. The molecule has 0 fully saturated rings. The van der Waals surface area contributed by atoms with Crippen molar-refractivity contribution in [2.24, 2.45) is 0 Å². The SMILES string of the molecule is C[S+](C)C.C[S+](C)c1ccc(Cc2ccccc2)cc1.O=C1c2ccccc2Cc2ccccc21. The van der Waals surface area contributed by atoms with Crippen molar-refractivity contribution in [1.82, 2.24) is 0 Å². The molecule has 0 N–H and O–H groups in total. The lowest BCUT2D eigenvalue weighted by Gasteiger charge is -2.17. The number of hydrogen-bond acceptors (Lipinski definition) is 1. The van der Waals surface area contributed by atoms with E-state index in [-0.39, 0.29) is 5.78 Å². The van der Waals surface area contributed by atoms with Crippen molar-refractivity contribution in [3.63, 3.8) is 0 Å². The first-order valence-corrected chi connectivity index (χ1v) is 16.2. The molecule has 5 rings (SSSR count). The summed E-state index contributed by atoms with van der Waals surface area (Å²) in [5, 5.41) is 0. The normalized spacial score (nSPS) is 11.6. The van der Waals surface area contributed by atoms with E-state index in [2.05, 4.69) is 85.9 Å². The topological polar surface area (TPSA) is 17.1 Å². The summed E-state index contributed by atoms with van der Waals surface area (Å²) < 4.78 is 0. The van der Waals surface area contributed by atoms with Crippen molar-refractivity contribution in [2.75, 3.05) is 31.3 Å². The smallest absolute Gasteiger partial charge is 0.193 e. The Bertz CT molecular complexity index is 1160. The Morgan fingerprint density at radius 2 is 1.00 bits per heavy atom. The standard InChI is InChI=1S/C15H17S.C14H10O.C3H9S/c1-16(2)15-10-8-14(9-11-15)12-13-6-4-3-5-7-13;15-14-12-7-3-1-5-10(12)9-11-6-2-4-8-13(11)14;1-4(2)3/h3-11H,12H2,1-2H3;1-8H,9H2;1-3H3/q+1;;+1. The van der Waals surface area contributed by atoms with Crippen molar-refractivity contribution in [2.45, 2.75) is 17.7 Å². The molecular weight excluding hydrogens is 464 g/mol. The molecule has 0 spiro atoms. The second-order valence-electron chi connectivity index (χ2n) is 9.17. The van der Waals surface area contributed by atoms with E-state index in [0.29, 0.717) is 21.8 Å². The largest absolute Gasteiger partial charge is 0.289 e. The molecule has 0 saturated carbocycles. The molecule has 0 atom stereocenters. The molecule has 4 aromatic carbocycles. The molecule has 0 heterocycles. The minimum atomic E-state index is 0.160. The third-order valence-electron chi connectivity index (χ3n) is 5.55. The van der Waals surface area contributed by atoms with Crippen LogP contribution in [-0.2, 0) is 34.6 Å². The average molecular weight is 501 g/mol. The molecule has 0 saturated heterocycles. The molecule has 0 radical (unpaired) electrons. The molecular formula is C32H36OS2+2. The first-order chi connectivity index (χ1) is 16.8. The summed E-state index contributed by atoms with van der Waals surface area (Å²) in [7, 11) is 1.01. The van der Waals surface area contributed by atoms with E-state index >= 15 is 0 Å². The van der Waals surface area contributed by atoms with Crippen LogP contribution in [-0.4, -0.2) is 37.1 Å². The highest BCUT2D eigenvalue weighted by Crippen LogP contribution is 2.26. The van der Waals surface area contributed by atoms with Gasteiger partial charge < -0.3 is 0 Å². The van der Waals surface area contributed by atoms with Gasteiger partial charge in [0.2, 0.25) is 0 Å². The molecule has 0 aromatic heterocycles. The number of fused-ring (bicyclic) bond motifs is 2. The fraction of sp³-hybridized carbons (Fsp3) is 0.219. The van der Waals surface area contributed by atoms with Crippen LogP contribution in [0.4, 0.5) is 0 Å². The van der Waals surface area contributed by atoms with Crippen LogP contribution in [0.5, 0.6) is 0 Å². The van der Waals surface area contributed by atoms with Gasteiger partial charge in [-0.2, -0.15) is 0 Å². The number of benzene rings is 4. The monoisotopic (exact) mass is 500 g/mol. The summed E-state index contributed by atoms with van der Waals surface area (Å²) in [4.78, 5) is 13.5. The Morgan fingerprint density at radius 1 is 0.571 bits per heavy atom. The zero-order valence-corrected chi connectivity index (χ0v) is 23.1. The van der Waals surface area contributed by atoms with Crippen LogP contribution in [0.2, 0.25) is 0 Å². The summed E-state index contributed by atoms with van der Waals surface area (Å²) in [6, 6.07) is 35.3. The Morgan fingerprint density at radius 3 is 1.49 bits per heavy atom. The fourth-order valence-corrected chi connectivity index (χ4v) is 4.53. The van der Waals surface area contributed by atoms with Crippen LogP contribution in [0.1, 0.15) is 38.2 Å². The summed E-state index contributed by atoms with van der Waals surface area (Å²) in [6.07, 6.45) is 13.0. The van der Waals surface area contributed by atoms with Gasteiger partial charge in [-0.1, -0.05) is 91.0 Å². The van der Waals surface area contributed by atoms with Gasteiger partial charge in [0.15, 0.2) is 10.7 Å². The number of carbonyl (C=O) groups excluding carboxylic acids is 1. The summed E-state index contributed by atoms with van der Waals surface area (Å²) >= 11 is 0. The van der Waals surface area contributed by atoms with Crippen LogP contribution >= 0.6 is 0 Å². The lowest BCUT2D eigenvalue weighted by atomic mass is 9.85. The third-order valence-corrected chi connectivity index (χ3v) is 6.77. The van der Waals surface area contributed by atoms with Crippen LogP contribution in [0, 0.1) is 0 Å². The van der Waals surface area contributed by atoms with E-state index in [1.165, 1.54) is 16.0 Å². The minimum absolute atomic E-state index is 0.160. The number of carbonyl (C=O) groups is 1. The molecule has 3 heteroatoms. The van der Waals surface area contributed by atoms with Crippen LogP contribution < -0.4 is 0 Å². The van der Waals surface area contributed by atoms with Gasteiger partial charge in [-0.15, -0.1) is 0 Å². The number of ketones is 1. The second kappa shape index (κ2) is 13.4. The third kappa shape index (κ3) is 8.16. The zero-order valence-electron chi connectivity index (χ0n) is 21.5. The molecule has 4 aromatic rings. The van der Waals surface area contributed by atoms with E-state index in [1.807, 2.05) is 48.5 Å². The van der Waals surface area contributed by atoms with Gasteiger partial charge in [0.05, 0.1) is 18.8 Å². The Labute approximate surface area is 217 Å². The quantitative estimate of drug-likeness (QED) is 0.248. The van der Waals surface area contributed by atoms with Gasteiger partial charge in [0.25, 0.3) is 0 Å². The van der Waals surface area contributed by atoms with Crippen LogP contribution in [0.15, 0.2) is 108 Å². The van der Waals surface area contributed by atoms with Crippen molar-refractivity contribution in [3.05, 3.63) is 137 Å². The van der Waals surface area contributed by atoms with Crippen LogP contribution in [0.3, 0.4) is 0 Å². The van der Waals surface area contributed by atoms with Crippen molar-refractivity contribution >= 4 is 27.6 Å². The van der Waals surface area contributed by atoms with E-state index < -0.39 is 0 Å². The molecule has 0 bridgehead atoms. The molecule has 0 unspecified atom stereocenters. The fourth-order valence-electron chi connectivity index (χ4n) is 3.85. The first-order valence-electron chi connectivity index (χ1n) is 11.8. The maximum Gasteiger partial charge on any atom is 0.193 e.